The minimum Gasteiger partial charge on any atom is -0.478 e. The molecule has 0 aromatic heterocycles. The maximum Gasteiger partial charge on any atom is 0.335 e. The van der Waals surface area contributed by atoms with E-state index in [1.165, 1.54) is 17.2 Å². The van der Waals surface area contributed by atoms with Crippen LogP contribution in [-0.2, 0) is 9.59 Å². The van der Waals surface area contributed by atoms with E-state index in [2.05, 4.69) is 5.10 Å². The van der Waals surface area contributed by atoms with Crippen molar-refractivity contribution in [1.82, 2.24) is 5.01 Å². The number of carbonyl (C=O) groups is 2. The lowest BCUT2D eigenvalue weighted by atomic mass is 9.95. The van der Waals surface area contributed by atoms with Crippen molar-refractivity contribution in [2.45, 2.75) is 0 Å². The number of rotatable bonds is 1. The molecule has 0 aromatic carbocycles. The Balaban J connectivity index is 2.37. The fourth-order valence-electron chi connectivity index (χ4n) is 1.45. The average molecular weight is 192 g/mol. The number of nitrogens with zero attached hydrogens (tertiary/aromatic N) is 2. The predicted molar refractivity (Wildman–Crippen MR) is 48.6 cm³/mol. The molecule has 1 aliphatic carbocycles. The fourth-order valence-corrected chi connectivity index (χ4v) is 1.45. The summed E-state index contributed by atoms with van der Waals surface area (Å²) in [6.45, 7) is 0. The third-order valence-corrected chi connectivity index (χ3v) is 2.19. The van der Waals surface area contributed by atoms with Crippen LogP contribution < -0.4 is 0 Å². The zero-order valence-electron chi connectivity index (χ0n) is 7.47. The van der Waals surface area contributed by atoms with Gasteiger partial charge in [0.1, 0.15) is 5.92 Å². The van der Waals surface area contributed by atoms with Gasteiger partial charge in [0.2, 0.25) is 0 Å². The molecule has 1 heterocycles. The van der Waals surface area contributed by atoms with Gasteiger partial charge in [-0.25, -0.2) is 9.80 Å². The van der Waals surface area contributed by atoms with E-state index in [1.54, 1.807) is 13.1 Å². The number of aliphatic carboxylic acids is 1. The van der Waals surface area contributed by atoms with Crippen LogP contribution in [0.3, 0.4) is 0 Å². The molecule has 1 atom stereocenters. The van der Waals surface area contributed by atoms with Crippen molar-refractivity contribution >= 4 is 17.6 Å². The molecule has 0 saturated carbocycles. The van der Waals surface area contributed by atoms with Crippen molar-refractivity contribution in [3.63, 3.8) is 0 Å². The summed E-state index contributed by atoms with van der Waals surface area (Å²) in [4.78, 5) is 22.0. The largest absolute Gasteiger partial charge is 0.478 e. The van der Waals surface area contributed by atoms with E-state index in [-0.39, 0.29) is 11.5 Å². The van der Waals surface area contributed by atoms with Crippen molar-refractivity contribution in [3.8, 4) is 0 Å². The van der Waals surface area contributed by atoms with Crippen LogP contribution in [0.1, 0.15) is 0 Å². The van der Waals surface area contributed by atoms with Gasteiger partial charge in [-0.1, -0.05) is 12.2 Å². The first-order valence-corrected chi connectivity index (χ1v) is 4.09. The standard InChI is InChI=1S/C9H8N2O3/c1-11-8(12)6-3-2-5(9(13)14)4-7(6)10-11/h2-4,6H,1H3,(H,13,14). The SMILES string of the molecule is CN1N=C2C=C(C(=O)O)C=CC2C1=O. The molecule has 0 radical (unpaired) electrons. The summed E-state index contributed by atoms with van der Waals surface area (Å²) >= 11 is 0. The van der Waals surface area contributed by atoms with Gasteiger partial charge in [0.25, 0.3) is 5.91 Å². The van der Waals surface area contributed by atoms with E-state index in [1.807, 2.05) is 0 Å². The smallest absolute Gasteiger partial charge is 0.335 e. The van der Waals surface area contributed by atoms with Crippen molar-refractivity contribution in [1.29, 1.82) is 0 Å². The second-order valence-electron chi connectivity index (χ2n) is 3.13. The number of allylic oxidation sites excluding steroid dienone is 1. The fraction of sp³-hybridized carbons (Fsp3) is 0.222. The van der Waals surface area contributed by atoms with Crippen LogP contribution in [0, 0.1) is 5.92 Å². The summed E-state index contributed by atoms with van der Waals surface area (Å²) in [6, 6.07) is 0. The van der Waals surface area contributed by atoms with E-state index < -0.39 is 11.9 Å². The second kappa shape index (κ2) is 2.80. The van der Waals surface area contributed by atoms with Crippen LogP contribution in [0.15, 0.2) is 28.9 Å². The van der Waals surface area contributed by atoms with Gasteiger partial charge in [-0.15, -0.1) is 0 Å². The molecule has 1 unspecified atom stereocenters. The molecule has 2 rings (SSSR count). The number of hydrazone groups is 1. The Hall–Kier alpha value is -1.91. The minimum absolute atomic E-state index is 0.128. The van der Waals surface area contributed by atoms with Crippen molar-refractivity contribution < 1.29 is 14.7 Å². The first-order valence-electron chi connectivity index (χ1n) is 4.09. The highest BCUT2D eigenvalue weighted by Crippen LogP contribution is 2.22. The lowest BCUT2D eigenvalue weighted by Gasteiger charge is -2.08. The van der Waals surface area contributed by atoms with Crippen LogP contribution in [0.5, 0.6) is 0 Å². The maximum atomic E-state index is 11.4. The molecule has 0 bridgehead atoms. The van der Waals surface area contributed by atoms with Crippen LogP contribution in [-0.4, -0.2) is 34.8 Å². The van der Waals surface area contributed by atoms with E-state index in [4.69, 9.17) is 5.11 Å². The third-order valence-electron chi connectivity index (χ3n) is 2.19. The monoisotopic (exact) mass is 192 g/mol. The Labute approximate surface area is 80.0 Å². The number of carboxylic acid groups (broad SMARTS) is 1. The number of carboxylic acids is 1. The van der Waals surface area contributed by atoms with Gasteiger partial charge in [0.05, 0.1) is 11.3 Å². The van der Waals surface area contributed by atoms with Crippen LogP contribution >= 0.6 is 0 Å². The maximum absolute atomic E-state index is 11.4. The number of hydrogen-bond donors (Lipinski definition) is 1. The lowest BCUT2D eigenvalue weighted by Crippen LogP contribution is -2.24. The van der Waals surface area contributed by atoms with Gasteiger partial charge >= 0.3 is 5.97 Å². The molecule has 0 fully saturated rings. The van der Waals surface area contributed by atoms with E-state index in [0.29, 0.717) is 5.71 Å². The zero-order chi connectivity index (χ0) is 10.3. The molecule has 1 N–H and O–H groups in total. The molecule has 0 spiro atoms. The Kier molecular flexibility index (Phi) is 1.73. The molecule has 0 aromatic rings. The summed E-state index contributed by atoms with van der Waals surface area (Å²) in [5, 5.41) is 13.9. The van der Waals surface area contributed by atoms with Gasteiger partial charge in [0, 0.05) is 7.05 Å². The molecule has 1 amide bonds. The number of amides is 1. The van der Waals surface area contributed by atoms with Gasteiger partial charge in [-0.2, -0.15) is 5.10 Å². The molecular weight excluding hydrogens is 184 g/mol. The van der Waals surface area contributed by atoms with Crippen molar-refractivity contribution in [2.24, 2.45) is 11.0 Å². The number of hydrogen-bond acceptors (Lipinski definition) is 3. The summed E-state index contributed by atoms with van der Waals surface area (Å²) in [5.74, 6) is -1.54. The van der Waals surface area contributed by atoms with Crippen LogP contribution in [0.2, 0.25) is 0 Å². The van der Waals surface area contributed by atoms with Gasteiger partial charge in [-0.3, -0.25) is 4.79 Å². The summed E-state index contributed by atoms with van der Waals surface area (Å²) in [5.41, 5.74) is 0.653. The molecule has 5 nitrogen and oxygen atoms in total. The summed E-state index contributed by atoms with van der Waals surface area (Å²) in [7, 11) is 1.55. The number of fused-ring (bicyclic) bond motifs is 1. The summed E-state index contributed by atoms with van der Waals surface area (Å²) < 4.78 is 0. The Morgan fingerprint density at radius 2 is 2.36 bits per heavy atom. The zero-order valence-corrected chi connectivity index (χ0v) is 7.47. The number of carbonyl (C=O) groups excluding carboxylic acids is 1. The highest BCUT2D eigenvalue weighted by molar-refractivity contribution is 6.18. The topological polar surface area (TPSA) is 70.0 Å². The first-order chi connectivity index (χ1) is 6.59. The molecule has 0 saturated heterocycles. The van der Waals surface area contributed by atoms with E-state index in [0.717, 1.165) is 0 Å². The average Bonchev–Trinajstić information content (AvgIpc) is 2.42. The Bertz CT molecular complexity index is 406. The molecule has 5 heteroatoms. The van der Waals surface area contributed by atoms with Crippen molar-refractivity contribution in [2.75, 3.05) is 7.05 Å². The molecule has 72 valence electrons. The van der Waals surface area contributed by atoms with Crippen LogP contribution in [0.25, 0.3) is 0 Å². The highest BCUT2D eigenvalue weighted by Gasteiger charge is 2.33. The van der Waals surface area contributed by atoms with Crippen LogP contribution in [0.4, 0.5) is 0 Å². The van der Waals surface area contributed by atoms with Crippen molar-refractivity contribution in [3.05, 3.63) is 23.8 Å². The molecular formula is C9H8N2O3. The molecule has 2 aliphatic rings. The molecule has 14 heavy (non-hydrogen) atoms. The van der Waals surface area contributed by atoms with E-state index >= 15 is 0 Å². The Morgan fingerprint density at radius 1 is 1.64 bits per heavy atom. The van der Waals surface area contributed by atoms with Gasteiger partial charge < -0.3 is 5.11 Å². The second-order valence-corrected chi connectivity index (χ2v) is 3.13. The Morgan fingerprint density at radius 3 is 3.00 bits per heavy atom. The lowest BCUT2D eigenvalue weighted by molar-refractivity contribution is -0.132. The normalized spacial score (nSPS) is 24.5. The van der Waals surface area contributed by atoms with Gasteiger partial charge in [0.15, 0.2) is 0 Å². The first kappa shape index (κ1) is 8.68. The third kappa shape index (κ3) is 1.14. The summed E-state index contributed by atoms with van der Waals surface area (Å²) in [6.07, 6.45) is 4.42. The highest BCUT2D eigenvalue weighted by atomic mass is 16.4. The quantitative estimate of drug-likeness (QED) is 0.636. The van der Waals surface area contributed by atoms with E-state index in [9.17, 15) is 9.59 Å². The predicted octanol–water partition coefficient (Wildman–Crippen LogP) is 0.0114. The molecule has 1 aliphatic heterocycles. The minimum atomic E-state index is -1.01. The van der Waals surface area contributed by atoms with Gasteiger partial charge in [-0.05, 0) is 6.08 Å².